The summed E-state index contributed by atoms with van der Waals surface area (Å²) in [7, 11) is 0. The smallest absolute Gasteiger partial charge is 0.253 e. The van der Waals surface area contributed by atoms with E-state index >= 15 is 0 Å². The molecule has 7 heteroatoms. The van der Waals surface area contributed by atoms with E-state index < -0.39 is 0 Å². The second-order valence-corrected chi connectivity index (χ2v) is 8.11. The zero-order valence-corrected chi connectivity index (χ0v) is 15.9. The van der Waals surface area contributed by atoms with Crippen molar-refractivity contribution in [2.45, 2.75) is 26.2 Å². The lowest BCUT2D eigenvalue weighted by atomic mass is 9.92. The van der Waals surface area contributed by atoms with Crippen molar-refractivity contribution < 1.29 is 4.79 Å². The first-order valence-electron chi connectivity index (χ1n) is 9.21. The number of fused-ring (bicyclic) bond motifs is 1. The number of hydrogen-bond acceptors (Lipinski definition) is 5. The molecule has 0 spiro atoms. The van der Waals surface area contributed by atoms with Crippen LogP contribution >= 0.6 is 0 Å². The number of H-pyrrole nitrogens is 1. The van der Waals surface area contributed by atoms with Gasteiger partial charge in [-0.05, 0) is 24.3 Å². The molecule has 3 aromatic heterocycles. The van der Waals surface area contributed by atoms with Crippen LogP contribution in [-0.4, -0.2) is 45.7 Å². The van der Waals surface area contributed by atoms with Gasteiger partial charge in [-0.25, -0.2) is 4.98 Å². The molecule has 0 atom stereocenters. The quantitative estimate of drug-likeness (QED) is 0.743. The number of hydrogen-bond donors (Lipinski definition) is 2. The molecule has 7 nitrogen and oxygen atoms in total. The molecule has 0 unspecified atom stereocenters. The Bertz CT molecular complexity index is 951. The van der Waals surface area contributed by atoms with Gasteiger partial charge >= 0.3 is 0 Å². The Labute approximate surface area is 158 Å². The third-order valence-corrected chi connectivity index (χ3v) is 4.95. The number of pyridine rings is 1. The minimum atomic E-state index is -0.0676. The molecule has 1 fully saturated rings. The predicted molar refractivity (Wildman–Crippen MR) is 105 cm³/mol. The van der Waals surface area contributed by atoms with Gasteiger partial charge in [-0.1, -0.05) is 20.8 Å². The van der Waals surface area contributed by atoms with E-state index in [0.717, 1.165) is 35.6 Å². The van der Waals surface area contributed by atoms with Crippen LogP contribution in [0.25, 0.3) is 11.0 Å². The Morgan fingerprint density at radius 1 is 1.26 bits per heavy atom. The molecule has 27 heavy (non-hydrogen) atoms. The monoisotopic (exact) mass is 364 g/mol. The molecule has 1 aliphatic rings. The number of rotatable bonds is 4. The Morgan fingerprint density at radius 3 is 2.78 bits per heavy atom. The van der Waals surface area contributed by atoms with Crippen LogP contribution in [-0.2, 0) is 5.41 Å². The number of aromatic nitrogens is 4. The summed E-state index contributed by atoms with van der Waals surface area (Å²) in [5, 5.41) is 12.6. The van der Waals surface area contributed by atoms with Crippen LogP contribution in [0.15, 0.2) is 36.7 Å². The van der Waals surface area contributed by atoms with E-state index in [2.05, 4.69) is 51.2 Å². The first kappa shape index (κ1) is 17.5. The fourth-order valence-corrected chi connectivity index (χ4v) is 3.26. The van der Waals surface area contributed by atoms with Crippen molar-refractivity contribution in [3.8, 4) is 0 Å². The van der Waals surface area contributed by atoms with Gasteiger partial charge in [0, 0.05) is 48.7 Å². The van der Waals surface area contributed by atoms with Crippen LogP contribution in [0, 0.1) is 5.92 Å². The van der Waals surface area contributed by atoms with Gasteiger partial charge in [0.05, 0.1) is 11.3 Å². The predicted octanol–water partition coefficient (Wildman–Crippen LogP) is 2.52. The topological polar surface area (TPSA) is 86.8 Å². The normalized spacial score (nSPS) is 15.0. The van der Waals surface area contributed by atoms with Crippen LogP contribution in [0.5, 0.6) is 0 Å². The summed E-state index contributed by atoms with van der Waals surface area (Å²) in [6.45, 7) is 8.78. The number of nitrogens with one attached hydrogen (secondary N) is 2. The summed E-state index contributed by atoms with van der Waals surface area (Å²) in [4.78, 5) is 21.9. The van der Waals surface area contributed by atoms with Crippen molar-refractivity contribution >= 4 is 22.8 Å². The van der Waals surface area contributed by atoms with Crippen molar-refractivity contribution in [1.82, 2.24) is 25.5 Å². The summed E-state index contributed by atoms with van der Waals surface area (Å²) in [5.74, 6) is 1.25. The van der Waals surface area contributed by atoms with E-state index in [4.69, 9.17) is 0 Å². The number of aromatic amines is 1. The van der Waals surface area contributed by atoms with Gasteiger partial charge in [-0.2, -0.15) is 5.10 Å². The molecular formula is C20H24N6O. The highest BCUT2D eigenvalue weighted by atomic mass is 16.1. The fraction of sp³-hybridized carbons (Fsp3) is 0.400. The average Bonchev–Trinajstić information content (AvgIpc) is 3.04. The lowest BCUT2D eigenvalue weighted by molar-refractivity contribution is 0.0946. The van der Waals surface area contributed by atoms with E-state index in [9.17, 15) is 4.79 Å². The third kappa shape index (κ3) is 3.49. The fourth-order valence-electron chi connectivity index (χ4n) is 3.26. The molecule has 0 saturated carbocycles. The van der Waals surface area contributed by atoms with Crippen LogP contribution in [0.2, 0.25) is 0 Å². The van der Waals surface area contributed by atoms with Crippen LogP contribution in [0.3, 0.4) is 0 Å². The number of carbonyl (C=O) groups is 1. The Morgan fingerprint density at radius 2 is 2.07 bits per heavy atom. The summed E-state index contributed by atoms with van der Waals surface area (Å²) < 4.78 is 0. The average molecular weight is 364 g/mol. The summed E-state index contributed by atoms with van der Waals surface area (Å²) in [5.41, 5.74) is 2.36. The maximum Gasteiger partial charge on any atom is 0.253 e. The van der Waals surface area contributed by atoms with Crippen molar-refractivity contribution in [2.24, 2.45) is 5.92 Å². The first-order chi connectivity index (χ1) is 12.9. The number of amides is 1. The van der Waals surface area contributed by atoms with Gasteiger partial charge in [-0.15, -0.1) is 5.10 Å². The summed E-state index contributed by atoms with van der Waals surface area (Å²) >= 11 is 0. The zero-order valence-electron chi connectivity index (χ0n) is 15.9. The maximum atomic E-state index is 12.5. The molecule has 140 valence electrons. The minimum absolute atomic E-state index is 0.00517. The summed E-state index contributed by atoms with van der Waals surface area (Å²) in [6.07, 6.45) is 3.42. The number of anilines is 1. The van der Waals surface area contributed by atoms with Gasteiger partial charge in [0.25, 0.3) is 5.91 Å². The highest BCUT2D eigenvalue weighted by Crippen LogP contribution is 2.25. The molecule has 1 aliphatic heterocycles. The van der Waals surface area contributed by atoms with E-state index in [0.29, 0.717) is 18.0 Å². The zero-order chi connectivity index (χ0) is 19.0. The molecule has 0 aliphatic carbocycles. The molecular weight excluding hydrogens is 340 g/mol. The van der Waals surface area contributed by atoms with Crippen molar-refractivity contribution in [2.75, 3.05) is 24.5 Å². The summed E-state index contributed by atoms with van der Waals surface area (Å²) in [6, 6.07) is 7.81. The molecule has 1 saturated heterocycles. The molecule has 0 bridgehead atoms. The largest absolute Gasteiger partial charge is 0.354 e. The second kappa shape index (κ2) is 6.64. The van der Waals surface area contributed by atoms with Gasteiger partial charge < -0.3 is 15.2 Å². The molecule has 0 radical (unpaired) electrons. The number of carbonyl (C=O) groups excluding carboxylic acids is 1. The van der Waals surface area contributed by atoms with Crippen molar-refractivity contribution in [1.29, 1.82) is 0 Å². The second-order valence-electron chi connectivity index (χ2n) is 8.11. The molecule has 3 aromatic rings. The van der Waals surface area contributed by atoms with Crippen molar-refractivity contribution in [3.63, 3.8) is 0 Å². The van der Waals surface area contributed by atoms with Gasteiger partial charge in [0.2, 0.25) is 0 Å². The molecule has 4 heterocycles. The standard InChI is InChI=1S/C20H24N6O/c1-20(2,3)16-6-7-17(25-24-16)26-11-13(12-26)9-23-19(27)15-10-22-18-14(15)5-4-8-21-18/h4-8,10,13H,9,11-12H2,1-3H3,(H,21,22)(H,23,27). The van der Waals surface area contributed by atoms with E-state index in [1.807, 2.05) is 24.3 Å². The van der Waals surface area contributed by atoms with Crippen LogP contribution < -0.4 is 10.2 Å². The van der Waals surface area contributed by atoms with Crippen LogP contribution in [0.4, 0.5) is 5.82 Å². The van der Waals surface area contributed by atoms with E-state index in [-0.39, 0.29) is 11.3 Å². The van der Waals surface area contributed by atoms with Gasteiger partial charge in [0.15, 0.2) is 5.82 Å². The maximum absolute atomic E-state index is 12.5. The van der Waals surface area contributed by atoms with Crippen LogP contribution in [0.1, 0.15) is 36.8 Å². The first-order valence-corrected chi connectivity index (χ1v) is 9.21. The van der Waals surface area contributed by atoms with E-state index in [1.165, 1.54) is 0 Å². The Balaban J connectivity index is 1.30. The molecule has 1 amide bonds. The van der Waals surface area contributed by atoms with Crippen molar-refractivity contribution in [3.05, 3.63) is 47.9 Å². The highest BCUT2D eigenvalue weighted by molar-refractivity contribution is 6.05. The Kier molecular flexibility index (Phi) is 4.30. The van der Waals surface area contributed by atoms with E-state index in [1.54, 1.807) is 12.4 Å². The van der Waals surface area contributed by atoms with Gasteiger partial charge in [-0.3, -0.25) is 4.79 Å². The Hall–Kier alpha value is -2.96. The molecule has 2 N–H and O–H groups in total. The minimum Gasteiger partial charge on any atom is -0.354 e. The van der Waals surface area contributed by atoms with Gasteiger partial charge in [0.1, 0.15) is 5.65 Å². The number of nitrogens with zero attached hydrogens (tertiary/aromatic N) is 4. The SMILES string of the molecule is CC(C)(C)c1ccc(N2CC(CNC(=O)c3c[nH]c4ncccc34)C2)nn1. The lowest BCUT2D eigenvalue weighted by Gasteiger charge is -2.40. The molecule has 0 aromatic carbocycles. The highest BCUT2D eigenvalue weighted by Gasteiger charge is 2.29. The molecule has 4 rings (SSSR count). The lowest BCUT2D eigenvalue weighted by Crippen LogP contribution is -2.52. The third-order valence-electron chi connectivity index (χ3n) is 4.95.